The SMILES string of the molecule is CC[Si](CC)(CC)O[C@@H](CC(=O)OC(C)(C)C)C(C)(C)C(=O)[C@H](C)[C@@H](O[Si](C)(C)C(C)(C)C)[C@@H](C)COCc1ccccc1. The van der Waals surface area contributed by atoms with Crippen LogP contribution in [0.4, 0.5) is 0 Å². The summed E-state index contributed by atoms with van der Waals surface area (Å²) in [6.45, 7) is 32.2. The summed E-state index contributed by atoms with van der Waals surface area (Å²) in [5.41, 5.74) is -0.438. The van der Waals surface area contributed by atoms with E-state index >= 15 is 0 Å². The average Bonchev–Trinajstić information content (AvgIpc) is 2.92. The lowest BCUT2D eigenvalue weighted by molar-refractivity contribution is -0.159. The van der Waals surface area contributed by atoms with Crippen molar-refractivity contribution in [3.8, 4) is 0 Å². The van der Waals surface area contributed by atoms with Crippen LogP contribution in [0, 0.1) is 17.3 Å². The molecule has 0 amide bonds. The van der Waals surface area contributed by atoms with Crippen LogP contribution in [0.15, 0.2) is 30.3 Å². The zero-order valence-electron chi connectivity index (χ0n) is 30.9. The number of ketones is 1. The molecule has 4 atom stereocenters. The fourth-order valence-electron chi connectivity index (χ4n) is 5.43. The molecule has 0 aliphatic carbocycles. The summed E-state index contributed by atoms with van der Waals surface area (Å²) in [6.07, 6.45) is -0.885. The minimum atomic E-state index is -2.24. The van der Waals surface area contributed by atoms with Gasteiger partial charge in [-0.15, -0.1) is 0 Å². The summed E-state index contributed by atoms with van der Waals surface area (Å²) in [7, 11) is -4.41. The van der Waals surface area contributed by atoms with Crippen molar-refractivity contribution in [3.63, 3.8) is 0 Å². The minimum Gasteiger partial charge on any atom is -0.460 e. The number of Topliss-reactive ketones (excluding diaryl/α,β-unsaturated/α-hetero) is 1. The van der Waals surface area contributed by atoms with Crippen molar-refractivity contribution >= 4 is 28.4 Å². The van der Waals surface area contributed by atoms with Gasteiger partial charge in [0.2, 0.25) is 0 Å². The van der Waals surface area contributed by atoms with Crippen molar-refractivity contribution in [2.24, 2.45) is 17.3 Å². The first-order valence-electron chi connectivity index (χ1n) is 16.8. The van der Waals surface area contributed by atoms with E-state index in [0.717, 1.165) is 23.7 Å². The van der Waals surface area contributed by atoms with E-state index in [2.05, 4.69) is 73.7 Å². The second kappa shape index (κ2) is 16.5. The molecule has 254 valence electrons. The number of hydrogen-bond acceptors (Lipinski definition) is 6. The number of carbonyl (C=O) groups excluding carboxylic acids is 2. The Hall–Kier alpha value is -1.33. The first kappa shape index (κ1) is 40.7. The van der Waals surface area contributed by atoms with Gasteiger partial charge in [0.1, 0.15) is 11.4 Å². The fraction of sp³-hybridized carbons (Fsp3) is 0.778. The smallest absolute Gasteiger partial charge is 0.308 e. The maximum absolute atomic E-state index is 14.7. The number of esters is 1. The van der Waals surface area contributed by atoms with E-state index in [4.69, 9.17) is 18.3 Å². The Bertz CT molecular complexity index is 1010. The fourth-order valence-corrected chi connectivity index (χ4v) is 9.89. The molecule has 0 heterocycles. The van der Waals surface area contributed by atoms with Crippen molar-refractivity contribution in [3.05, 3.63) is 35.9 Å². The molecule has 0 saturated heterocycles. The lowest BCUT2D eigenvalue weighted by Crippen LogP contribution is -2.54. The molecular weight excluding hydrogens is 585 g/mol. The van der Waals surface area contributed by atoms with Crippen LogP contribution in [0.2, 0.25) is 36.3 Å². The number of carbonyl (C=O) groups is 2. The standard InChI is InChI=1S/C36H66O6Si2/c1-16-44(17-2,18-3)41-30(24-31(37)40-34(6,7)8)36(12,13)33(38)28(5)32(42-43(14,15)35(9,10)11)27(4)25-39-26-29-22-20-19-21-23-29/h19-23,27-28,30,32H,16-18,24-26H2,1-15H3/t27-,28+,30-,32-/m0/s1. The molecule has 6 nitrogen and oxygen atoms in total. The molecule has 0 aliphatic heterocycles. The lowest BCUT2D eigenvalue weighted by Gasteiger charge is -2.45. The van der Waals surface area contributed by atoms with E-state index in [0.29, 0.717) is 13.2 Å². The highest BCUT2D eigenvalue weighted by Gasteiger charge is 2.49. The summed E-state index contributed by atoms with van der Waals surface area (Å²) in [4.78, 5) is 27.9. The van der Waals surface area contributed by atoms with E-state index in [9.17, 15) is 9.59 Å². The van der Waals surface area contributed by atoms with Gasteiger partial charge in [-0.1, -0.05) is 99.6 Å². The zero-order valence-corrected chi connectivity index (χ0v) is 32.9. The van der Waals surface area contributed by atoms with Crippen molar-refractivity contribution in [1.82, 2.24) is 0 Å². The zero-order chi connectivity index (χ0) is 34.1. The van der Waals surface area contributed by atoms with Gasteiger partial charge < -0.3 is 18.3 Å². The maximum Gasteiger partial charge on any atom is 0.308 e. The summed E-state index contributed by atoms with van der Waals surface area (Å²) in [6, 6.07) is 12.9. The minimum absolute atomic E-state index is 0.0227. The highest BCUT2D eigenvalue weighted by Crippen LogP contribution is 2.42. The number of benzene rings is 1. The van der Waals surface area contributed by atoms with Gasteiger partial charge in [-0.2, -0.15) is 0 Å². The van der Waals surface area contributed by atoms with Crippen molar-refractivity contribution in [1.29, 1.82) is 0 Å². The van der Waals surface area contributed by atoms with Crippen LogP contribution in [0.3, 0.4) is 0 Å². The molecule has 0 N–H and O–H groups in total. The van der Waals surface area contributed by atoms with Crippen LogP contribution >= 0.6 is 0 Å². The van der Waals surface area contributed by atoms with Crippen molar-refractivity contribution in [2.45, 2.75) is 157 Å². The highest BCUT2D eigenvalue weighted by atomic mass is 28.4. The van der Waals surface area contributed by atoms with E-state index in [-0.39, 0.29) is 35.2 Å². The molecule has 0 aromatic heterocycles. The monoisotopic (exact) mass is 650 g/mol. The van der Waals surface area contributed by atoms with Gasteiger partial charge in [-0.3, -0.25) is 9.59 Å². The third-order valence-corrected chi connectivity index (χ3v) is 18.9. The van der Waals surface area contributed by atoms with Crippen LogP contribution in [-0.2, 0) is 34.5 Å². The first-order valence-corrected chi connectivity index (χ1v) is 22.2. The molecule has 0 radical (unpaired) electrons. The number of hydrogen-bond donors (Lipinski definition) is 0. The second-order valence-corrected chi connectivity index (χ2v) is 25.3. The molecule has 0 aliphatic rings. The van der Waals surface area contributed by atoms with Crippen LogP contribution in [0.5, 0.6) is 0 Å². The van der Waals surface area contributed by atoms with E-state index in [1.54, 1.807) is 0 Å². The summed E-state index contributed by atoms with van der Waals surface area (Å²) in [5.74, 6) is -0.738. The quantitative estimate of drug-likeness (QED) is 0.116. The Balaban J connectivity index is 3.44. The predicted molar refractivity (Wildman–Crippen MR) is 188 cm³/mol. The van der Waals surface area contributed by atoms with Gasteiger partial charge in [0, 0.05) is 17.3 Å². The van der Waals surface area contributed by atoms with Crippen molar-refractivity contribution in [2.75, 3.05) is 6.61 Å². The highest BCUT2D eigenvalue weighted by molar-refractivity contribution is 6.74. The predicted octanol–water partition coefficient (Wildman–Crippen LogP) is 9.58. The Kier molecular flexibility index (Phi) is 15.2. The summed E-state index contributed by atoms with van der Waals surface area (Å²) in [5, 5.41) is -0.0227. The van der Waals surface area contributed by atoms with Gasteiger partial charge in [0.25, 0.3) is 0 Å². The molecule has 44 heavy (non-hydrogen) atoms. The normalized spacial score (nSPS) is 16.2. The Morgan fingerprint density at radius 3 is 1.80 bits per heavy atom. The molecule has 0 fully saturated rings. The molecule has 1 aromatic rings. The second-order valence-electron chi connectivity index (χ2n) is 15.8. The lowest BCUT2D eigenvalue weighted by atomic mass is 9.73. The Morgan fingerprint density at radius 1 is 0.818 bits per heavy atom. The molecule has 0 spiro atoms. The summed E-state index contributed by atoms with van der Waals surface area (Å²) >= 11 is 0. The Morgan fingerprint density at radius 2 is 1.34 bits per heavy atom. The molecule has 1 rings (SSSR count). The van der Waals surface area contributed by atoms with Crippen LogP contribution in [0.1, 0.15) is 102 Å². The molecular formula is C36H66O6Si2. The molecule has 0 unspecified atom stereocenters. The average molecular weight is 651 g/mol. The first-order chi connectivity index (χ1) is 20.1. The van der Waals surface area contributed by atoms with Crippen LogP contribution in [-0.4, -0.2) is 52.8 Å². The van der Waals surface area contributed by atoms with Gasteiger partial charge in [-0.05, 0) is 62.6 Å². The largest absolute Gasteiger partial charge is 0.460 e. The molecule has 0 saturated carbocycles. The topological polar surface area (TPSA) is 71.1 Å². The van der Waals surface area contributed by atoms with Gasteiger partial charge in [0.15, 0.2) is 16.6 Å². The van der Waals surface area contributed by atoms with E-state index in [1.807, 2.05) is 59.7 Å². The van der Waals surface area contributed by atoms with E-state index in [1.165, 1.54) is 0 Å². The van der Waals surface area contributed by atoms with Crippen molar-refractivity contribution < 1.29 is 27.9 Å². The third kappa shape index (κ3) is 11.8. The van der Waals surface area contributed by atoms with Gasteiger partial charge >= 0.3 is 5.97 Å². The Labute approximate surface area is 272 Å². The third-order valence-electron chi connectivity index (χ3n) is 9.73. The maximum atomic E-state index is 14.7. The van der Waals surface area contributed by atoms with Gasteiger partial charge in [0.05, 0.1) is 31.8 Å². The van der Waals surface area contributed by atoms with E-state index < -0.39 is 39.7 Å². The van der Waals surface area contributed by atoms with Crippen LogP contribution in [0.25, 0.3) is 0 Å². The summed E-state index contributed by atoms with van der Waals surface area (Å²) < 4.78 is 25.9. The van der Waals surface area contributed by atoms with Gasteiger partial charge in [-0.25, -0.2) is 0 Å². The number of rotatable bonds is 18. The molecule has 8 heteroatoms. The van der Waals surface area contributed by atoms with Crippen LogP contribution < -0.4 is 0 Å². The molecule has 1 aromatic carbocycles. The molecule has 0 bridgehead atoms. The number of ether oxygens (including phenoxy) is 2.